The Kier molecular flexibility index (Phi) is 4.90. The van der Waals surface area contributed by atoms with Crippen molar-refractivity contribution in [3.05, 3.63) is 83.4 Å². The highest BCUT2D eigenvalue weighted by molar-refractivity contribution is 5.92. The van der Waals surface area contributed by atoms with Gasteiger partial charge in [0.05, 0.1) is 11.8 Å². The molecule has 0 spiro atoms. The number of aromatic nitrogens is 2. The zero-order valence-electron chi connectivity index (χ0n) is 13.7. The zero-order chi connectivity index (χ0) is 17.8. The second-order valence-electron chi connectivity index (χ2n) is 5.70. The molecule has 0 fully saturated rings. The second-order valence-corrected chi connectivity index (χ2v) is 5.70. The maximum absolute atomic E-state index is 13.2. The molecule has 2 aromatic carbocycles. The van der Waals surface area contributed by atoms with Crippen molar-refractivity contribution in [3.63, 3.8) is 0 Å². The number of amides is 1. The first-order valence-electron chi connectivity index (χ1n) is 7.88. The van der Waals surface area contributed by atoms with E-state index >= 15 is 0 Å². The summed E-state index contributed by atoms with van der Waals surface area (Å²) in [7, 11) is 0. The molecule has 0 radical (unpaired) electrons. The molecule has 0 bridgehead atoms. The average molecular weight is 339 g/mol. The van der Waals surface area contributed by atoms with Gasteiger partial charge < -0.3 is 10.4 Å². The van der Waals surface area contributed by atoms with Crippen LogP contribution in [0.3, 0.4) is 0 Å². The van der Waals surface area contributed by atoms with Crippen LogP contribution in [0.2, 0.25) is 0 Å². The molecule has 3 aromatic rings. The summed E-state index contributed by atoms with van der Waals surface area (Å²) in [4.78, 5) is 12.3. The molecule has 1 amide bonds. The molecule has 128 valence electrons. The molecule has 1 aromatic heterocycles. The van der Waals surface area contributed by atoms with E-state index in [-0.39, 0.29) is 12.2 Å². The number of nitrogens with zero attached hydrogens (tertiary/aromatic N) is 2. The summed E-state index contributed by atoms with van der Waals surface area (Å²) in [6, 6.07) is 16.8. The number of rotatable bonds is 5. The third-order valence-corrected chi connectivity index (χ3v) is 3.81. The SMILES string of the molecule is Cc1cc(C(=O)NC[C@H](O)c2cccc(F)c2)nn1-c1ccccc1. The second kappa shape index (κ2) is 7.27. The van der Waals surface area contributed by atoms with Crippen LogP contribution in [0.25, 0.3) is 5.69 Å². The fourth-order valence-corrected chi connectivity index (χ4v) is 2.53. The van der Waals surface area contributed by atoms with Crippen molar-refractivity contribution in [3.8, 4) is 5.69 Å². The Hall–Kier alpha value is -2.99. The molecule has 3 rings (SSSR count). The van der Waals surface area contributed by atoms with Gasteiger partial charge >= 0.3 is 0 Å². The number of halogens is 1. The van der Waals surface area contributed by atoms with E-state index in [0.29, 0.717) is 5.56 Å². The van der Waals surface area contributed by atoms with Gasteiger partial charge in [-0.2, -0.15) is 5.10 Å². The van der Waals surface area contributed by atoms with E-state index in [1.54, 1.807) is 16.8 Å². The van der Waals surface area contributed by atoms with Crippen LogP contribution in [0.4, 0.5) is 4.39 Å². The fraction of sp³-hybridized carbons (Fsp3) is 0.158. The van der Waals surface area contributed by atoms with Crippen molar-refractivity contribution < 1.29 is 14.3 Å². The van der Waals surface area contributed by atoms with E-state index in [1.807, 2.05) is 37.3 Å². The molecular weight excluding hydrogens is 321 g/mol. The van der Waals surface area contributed by atoms with Gasteiger partial charge in [-0.1, -0.05) is 30.3 Å². The largest absolute Gasteiger partial charge is 0.387 e. The number of nitrogens with one attached hydrogen (secondary N) is 1. The average Bonchev–Trinajstić information content (AvgIpc) is 3.02. The quantitative estimate of drug-likeness (QED) is 0.751. The molecule has 0 aliphatic rings. The number of carbonyl (C=O) groups is 1. The van der Waals surface area contributed by atoms with Gasteiger partial charge in [-0.15, -0.1) is 0 Å². The van der Waals surface area contributed by atoms with Gasteiger partial charge in [0.25, 0.3) is 5.91 Å². The minimum absolute atomic E-state index is 0.0282. The molecule has 1 heterocycles. The van der Waals surface area contributed by atoms with Gasteiger partial charge in [0.1, 0.15) is 5.82 Å². The van der Waals surface area contributed by atoms with E-state index in [9.17, 15) is 14.3 Å². The Balaban J connectivity index is 1.68. The Labute approximate surface area is 144 Å². The summed E-state index contributed by atoms with van der Waals surface area (Å²) in [5, 5.41) is 17.0. The maximum Gasteiger partial charge on any atom is 0.271 e. The lowest BCUT2D eigenvalue weighted by Gasteiger charge is -2.11. The monoisotopic (exact) mass is 339 g/mol. The van der Waals surface area contributed by atoms with Gasteiger partial charge in [-0.05, 0) is 42.8 Å². The number of para-hydroxylation sites is 1. The maximum atomic E-state index is 13.2. The minimum atomic E-state index is -0.989. The summed E-state index contributed by atoms with van der Waals surface area (Å²) in [6.07, 6.45) is -0.989. The number of hydrogen-bond acceptors (Lipinski definition) is 3. The van der Waals surface area contributed by atoms with Crippen LogP contribution < -0.4 is 5.32 Å². The summed E-state index contributed by atoms with van der Waals surface area (Å²) in [6.45, 7) is 1.83. The summed E-state index contributed by atoms with van der Waals surface area (Å²) < 4.78 is 14.9. The van der Waals surface area contributed by atoms with Crippen LogP contribution in [0.1, 0.15) is 27.8 Å². The van der Waals surface area contributed by atoms with Gasteiger partial charge in [-0.3, -0.25) is 4.79 Å². The number of aliphatic hydroxyl groups is 1. The number of aliphatic hydroxyl groups excluding tert-OH is 1. The highest BCUT2D eigenvalue weighted by Crippen LogP contribution is 2.14. The normalized spacial score (nSPS) is 12.0. The van der Waals surface area contributed by atoms with E-state index in [1.165, 1.54) is 18.2 Å². The van der Waals surface area contributed by atoms with Gasteiger partial charge in [0.2, 0.25) is 0 Å². The van der Waals surface area contributed by atoms with Crippen LogP contribution in [-0.4, -0.2) is 27.3 Å². The molecule has 5 nitrogen and oxygen atoms in total. The van der Waals surface area contributed by atoms with E-state index in [4.69, 9.17) is 0 Å². The first kappa shape index (κ1) is 16.9. The highest BCUT2D eigenvalue weighted by Gasteiger charge is 2.15. The molecule has 1 atom stereocenters. The van der Waals surface area contributed by atoms with Gasteiger partial charge in [0, 0.05) is 12.2 Å². The summed E-state index contributed by atoms with van der Waals surface area (Å²) in [5.74, 6) is -0.826. The summed E-state index contributed by atoms with van der Waals surface area (Å²) >= 11 is 0. The standard InChI is InChI=1S/C19H18FN3O2/c1-13-10-17(22-23(13)16-8-3-2-4-9-16)19(25)21-12-18(24)14-6-5-7-15(20)11-14/h2-11,18,24H,12H2,1H3,(H,21,25)/t18-/m0/s1. The van der Waals surface area contributed by atoms with Crippen molar-refractivity contribution in [2.24, 2.45) is 0 Å². The molecule has 0 aliphatic carbocycles. The van der Waals surface area contributed by atoms with Crippen LogP contribution in [0.15, 0.2) is 60.7 Å². The molecule has 6 heteroatoms. The number of hydrogen-bond donors (Lipinski definition) is 2. The fourth-order valence-electron chi connectivity index (χ4n) is 2.53. The van der Waals surface area contributed by atoms with E-state index < -0.39 is 17.8 Å². The molecule has 0 aliphatic heterocycles. The van der Waals surface area contributed by atoms with Gasteiger partial charge in [0.15, 0.2) is 5.69 Å². The first-order valence-corrected chi connectivity index (χ1v) is 7.88. The van der Waals surface area contributed by atoms with Crippen molar-refractivity contribution in [1.29, 1.82) is 0 Å². The van der Waals surface area contributed by atoms with Crippen molar-refractivity contribution >= 4 is 5.91 Å². The smallest absolute Gasteiger partial charge is 0.271 e. The van der Waals surface area contributed by atoms with E-state index in [0.717, 1.165) is 11.4 Å². The molecular formula is C19H18FN3O2. The molecule has 0 saturated carbocycles. The summed E-state index contributed by atoms with van der Waals surface area (Å²) in [5.41, 5.74) is 2.35. The Morgan fingerprint density at radius 1 is 1.20 bits per heavy atom. The van der Waals surface area contributed by atoms with Crippen LogP contribution in [-0.2, 0) is 0 Å². The minimum Gasteiger partial charge on any atom is -0.387 e. The lowest BCUT2D eigenvalue weighted by atomic mass is 10.1. The molecule has 0 saturated heterocycles. The van der Waals surface area contributed by atoms with Crippen molar-refractivity contribution in [1.82, 2.24) is 15.1 Å². The Morgan fingerprint density at radius 3 is 2.68 bits per heavy atom. The number of aryl methyl sites for hydroxylation is 1. The molecule has 0 unspecified atom stereocenters. The predicted octanol–water partition coefficient (Wildman–Crippen LogP) is 2.78. The Bertz CT molecular complexity index is 877. The first-order chi connectivity index (χ1) is 12.0. The predicted molar refractivity (Wildman–Crippen MR) is 92.0 cm³/mol. The third kappa shape index (κ3) is 3.92. The van der Waals surface area contributed by atoms with E-state index in [2.05, 4.69) is 10.4 Å². The topological polar surface area (TPSA) is 67.2 Å². The highest BCUT2D eigenvalue weighted by atomic mass is 19.1. The van der Waals surface area contributed by atoms with Gasteiger partial charge in [-0.25, -0.2) is 9.07 Å². The van der Waals surface area contributed by atoms with Crippen LogP contribution >= 0.6 is 0 Å². The number of benzene rings is 2. The molecule has 2 N–H and O–H groups in total. The lowest BCUT2D eigenvalue weighted by Crippen LogP contribution is -2.28. The zero-order valence-corrected chi connectivity index (χ0v) is 13.7. The van der Waals surface area contributed by atoms with Crippen LogP contribution in [0.5, 0.6) is 0 Å². The van der Waals surface area contributed by atoms with Crippen LogP contribution in [0, 0.1) is 12.7 Å². The number of carbonyl (C=O) groups excluding carboxylic acids is 1. The molecule has 25 heavy (non-hydrogen) atoms. The van der Waals surface area contributed by atoms with Crippen molar-refractivity contribution in [2.75, 3.05) is 6.54 Å². The Morgan fingerprint density at radius 2 is 1.96 bits per heavy atom. The lowest BCUT2D eigenvalue weighted by molar-refractivity contribution is 0.0911. The van der Waals surface area contributed by atoms with Crippen molar-refractivity contribution in [2.45, 2.75) is 13.0 Å². The third-order valence-electron chi connectivity index (χ3n) is 3.81.